The molecule has 0 aliphatic carbocycles. The van der Waals surface area contributed by atoms with E-state index in [-0.39, 0.29) is 12.2 Å². The van der Waals surface area contributed by atoms with Gasteiger partial charge in [-0.2, -0.15) is 0 Å². The number of rotatable bonds is 8. The number of hydrogen-bond donors (Lipinski definition) is 0. The molecule has 0 saturated carbocycles. The molecule has 1 aliphatic rings. The Hall–Kier alpha value is -3.65. The van der Waals surface area contributed by atoms with Crippen LogP contribution in [0.5, 0.6) is 11.5 Å². The van der Waals surface area contributed by atoms with Crippen molar-refractivity contribution in [2.45, 2.75) is 46.6 Å². The van der Waals surface area contributed by atoms with Gasteiger partial charge in [0.05, 0.1) is 36.1 Å². The lowest BCUT2D eigenvalue weighted by atomic mass is 9.94. The molecule has 37 heavy (non-hydrogen) atoms. The van der Waals surface area contributed by atoms with E-state index in [0.717, 1.165) is 5.56 Å². The minimum Gasteiger partial charge on any atom is -0.493 e. The van der Waals surface area contributed by atoms with Gasteiger partial charge in [0.25, 0.3) is 5.56 Å². The molecular formula is C29H32N2O5S. The van der Waals surface area contributed by atoms with Crippen molar-refractivity contribution in [3.63, 3.8) is 0 Å². The van der Waals surface area contributed by atoms with Gasteiger partial charge in [0, 0.05) is 5.56 Å². The summed E-state index contributed by atoms with van der Waals surface area (Å²) < 4.78 is 19.0. The van der Waals surface area contributed by atoms with Gasteiger partial charge in [0.15, 0.2) is 16.3 Å². The predicted octanol–water partition coefficient (Wildman–Crippen LogP) is 4.33. The average molecular weight is 521 g/mol. The van der Waals surface area contributed by atoms with Crippen molar-refractivity contribution in [3.05, 3.63) is 90.1 Å². The van der Waals surface area contributed by atoms with Crippen LogP contribution in [0.25, 0.3) is 6.08 Å². The summed E-state index contributed by atoms with van der Waals surface area (Å²) >= 11 is 1.30. The number of carbonyl (C=O) groups excluding carboxylic acids is 1. The summed E-state index contributed by atoms with van der Waals surface area (Å²) in [5, 5.41) is 0. The summed E-state index contributed by atoms with van der Waals surface area (Å²) in [7, 11) is 1.56. The van der Waals surface area contributed by atoms with Gasteiger partial charge in [-0.15, -0.1) is 0 Å². The molecule has 0 spiro atoms. The predicted molar refractivity (Wildman–Crippen MR) is 145 cm³/mol. The molecule has 2 heterocycles. The summed E-state index contributed by atoms with van der Waals surface area (Å²) in [6, 6.07) is 12.8. The molecule has 0 fully saturated rings. The number of esters is 1. The van der Waals surface area contributed by atoms with Crippen LogP contribution >= 0.6 is 11.3 Å². The summed E-state index contributed by atoms with van der Waals surface area (Å²) in [5.74, 6) is 0.904. The van der Waals surface area contributed by atoms with Crippen LogP contribution in [0.1, 0.15) is 63.3 Å². The maximum atomic E-state index is 13.9. The van der Waals surface area contributed by atoms with E-state index in [4.69, 9.17) is 14.2 Å². The fourth-order valence-corrected chi connectivity index (χ4v) is 5.47. The van der Waals surface area contributed by atoms with Gasteiger partial charge in [-0.1, -0.05) is 61.6 Å². The first-order valence-corrected chi connectivity index (χ1v) is 13.2. The molecule has 194 valence electrons. The lowest BCUT2D eigenvalue weighted by molar-refractivity contribution is -0.139. The Morgan fingerprint density at radius 3 is 2.49 bits per heavy atom. The number of ether oxygens (including phenoxy) is 3. The van der Waals surface area contributed by atoms with E-state index in [2.05, 4.69) is 31.0 Å². The van der Waals surface area contributed by atoms with Crippen LogP contribution in [-0.4, -0.2) is 30.9 Å². The Morgan fingerprint density at radius 1 is 1.14 bits per heavy atom. The maximum Gasteiger partial charge on any atom is 0.338 e. The van der Waals surface area contributed by atoms with Crippen molar-refractivity contribution in [1.29, 1.82) is 0 Å². The molecule has 0 N–H and O–H groups in total. The highest BCUT2D eigenvalue weighted by molar-refractivity contribution is 7.07. The summed E-state index contributed by atoms with van der Waals surface area (Å²) in [6.45, 7) is 10.3. The highest BCUT2D eigenvalue weighted by atomic mass is 32.1. The van der Waals surface area contributed by atoms with Crippen molar-refractivity contribution in [3.8, 4) is 11.5 Å². The van der Waals surface area contributed by atoms with Gasteiger partial charge in [-0.05, 0) is 50.0 Å². The number of thiazole rings is 1. The molecule has 4 rings (SSSR count). The quantitative estimate of drug-likeness (QED) is 0.413. The molecule has 0 bridgehead atoms. The Kier molecular flexibility index (Phi) is 7.97. The molecule has 0 amide bonds. The standard InChI is InChI=1S/C29H32N2O5S/c1-7-35-26-21(10-9-11-22(26)34-6)25-24(28(33)36-8-2)18(5)30-29-31(25)27(32)23(37-29)16-19-12-14-20(15-13-19)17(3)4/h9-17,25H,7-8H2,1-6H3/b23-16+/t25-/m1/s1. The molecule has 0 saturated heterocycles. The first-order valence-electron chi connectivity index (χ1n) is 12.4. The normalized spacial score (nSPS) is 15.4. The molecule has 1 aliphatic heterocycles. The summed E-state index contributed by atoms with van der Waals surface area (Å²) in [4.78, 5) is 32.2. The van der Waals surface area contributed by atoms with Crippen molar-refractivity contribution in [1.82, 2.24) is 4.57 Å². The lowest BCUT2D eigenvalue weighted by Gasteiger charge is -2.26. The van der Waals surface area contributed by atoms with E-state index in [1.54, 1.807) is 31.6 Å². The van der Waals surface area contributed by atoms with Gasteiger partial charge < -0.3 is 14.2 Å². The molecule has 0 unspecified atom stereocenters. The van der Waals surface area contributed by atoms with Crippen molar-refractivity contribution < 1.29 is 19.0 Å². The smallest absolute Gasteiger partial charge is 0.338 e. The van der Waals surface area contributed by atoms with E-state index in [1.165, 1.54) is 16.9 Å². The number of methoxy groups -OCH3 is 1. The van der Waals surface area contributed by atoms with E-state index in [0.29, 0.717) is 50.2 Å². The number of benzene rings is 2. The maximum absolute atomic E-state index is 13.9. The number of carbonyl (C=O) groups is 1. The van der Waals surface area contributed by atoms with Crippen LogP contribution in [0, 0.1) is 0 Å². The van der Waals surface area contributed by atoms with Gasteiger partial charge in [0.1, 0.15) is 6.04 Å². The van der Waals surface area contributed by atoms with Crippen molar-refractivity contribution in [2.24, 2.45) is 4.99 Å². The minimum atomic E-state index is -0.780. The van der Waals surface area contributed by atoms with Gasteiger partial charge >= 0.3 is 5.97 Å². The molecule has 3 aromatic rings. The van der Waals surface area contributed by atoms with E-state index >= 15 is 0 Å². The number of nitrogens with zero attached hydrogens (tertiary/aromatic N) is 2. The molecule has 2 aromatic carbocycles. The molecule has 7 nitrogen and oxygen atoms in total. The molecular weight excluding hydrogens is 488 g/mol. The lowest BCUT2D eigenvalue weighted by Crippen LogP contribution is -2.40. The Morgan fingerprint density at radius 2 is 1.86 bits per heavy atom. The SMILES string of the molecule is CCOC(=O)C1=C(C)N=c2s/c(=C/c3ccc(C(C)C)cc3)c(=O)n2[C@@H]1c1cccc(OC)c1OCC. The second kappa shape index (κ2) is 11.2. The minimum absolute atomic E-state index is 0.204. The topological polar surface area (TPSA) is 79.1 Å². The Labute approximate surface area is 220 Å². The molecule has 1 atom stereocenters. The van der Waals surface area contributed by atoms with Crippen molar-refractivity contribution in [2.75, 3.05) is 20.3 Å². The monoisotopic (exact) mass is 520 g/mol. The zero-order valence-electron chi connectivity index (χ0n) is 22.0. The fraction of sp³-hybridized carbons (Fsp3) is 0.345. The second-order valence-electron chi connectivity index (χ2n) is 8.94. The molecule has 0 radical (unpaired) electrons. The zero-order valence-corrected chi connectivity index (χ0v) is 22.8. The van der Waals surface area contributed by atoms with E-state index in [9.17, 15) is 9.59 Å². The molecule has 8 heteroatoms. The van der Waals surface area contributed by atoms with E-state index < -0.39 is 12.0 Å². The Bertz CT molecular complexity index is 1510. The third kappa shape index (κ3) is 5.11. The molecule has 1 aromatic heterocycles. The van der Waals surface area contributed by atoms with Crippen LogP contribution in [0.3, 0.4) is 0 Å². The van der Waals surface area contributed by atoms with Crippen LogP contribution in [0.4, 0.5) is 0 Å². The number of aromatic nitrogens is 1. The largest absolute Gasteiger partial charge is 0.493 e. The number of hydrogen-bond acceptors (Lipinski definition) is 7. The zero-order chi connectivity index (χ0) is 26.7. The number of allylic oxidation sites excluding steroid dienone is 1. The third-order valence-corrected chi connectivity index (χ3v) is 7.21. The highest BCUT2D eigenvalue weighted by Gasteiger charge is 2.35. The third-order valence-electron chi connectivity index (χ3n) is 6.23. The van der Waals surface area contributed by atoms with Crippen LogP contribution in [0.15, 0.2) is 63.5 Å². The second-order valence-corrected chi connectivity index (χ2v) is 9.94. The average Bonchev–Trinajstić information content (AvgIpc) is 3.18. The van der Waals surface area contributed by atoms with Gasteiger partial charge in [-0.3, -0.25) is 9.36 Å². The highest BCUT2D eigenvalue weighted by Crippen LogP contribution is 2.40. The van der Waals surface area contributed by atoms with Crippen LogP contribution in [0.2, 0.25) is 0 Å². The first-order chi connectivity index (χ1) is 17.8. The van der Waals surface area contributed by atoms with Crippen LogP contribution < -0.4 is 24.4 Å². The summed E-state index contributed by atoms with van der Waals surface area (Å²) in [6.07, 6.45) is 1.86. The number of fused-ring (bicyclic) bond motifs is 1. The summed E-state index contributed by atoms with van der Waals surface area (Å²) in [5.41, 5.74) is 3.35. The van der Waals surface area contributed by atoms with E-state index in [1.807, 2.05) is 37.3 Å². The number of para-hydroxylation sites is 1. The van der Waals surface area contributed by atoms with Crippen LogP contribution in [-0.2, 0) is 9.53 Å². The van der Waals surface area contributed by atoms with Gasteiger partial charge in [0.2, 0.25) is 0 Å². The van der Waals surface area contributed by atoms with Gasteiger partial charge in [-0.25, -0.2) is 9.79 Å². The Balaban J connectivity index is 1.97. The first kappa shape index (κ1) is 26.4. The fourth-order valence-electron chi connectivity index (χ4n) is 4.42. The van der Waals surface area contributed by atoms with Crippen molar-refractivity contribution >= 4 is 23.4 Å².